The Labute approximate surface area is 157 Å². The SMILES string of the molecule is COc1ccccc1N1CCN(CCC[S+]([O-])c2ccc(F)cc2)CC1. The van der Waals surface area contributed by atoms with Crippen molar-refractivity contribution in [1.82, 2.24) is 4.90 Å². The number of nitrogens with zero attached hydrogens (tertiary/aromatic N) is 2. The summed E-state index contributed by atoms with van der Waals surface area (Å²) in [7, 11) is 1.70. The van der Waals surface area contributed by atoms with Crippen LogP contribution in [0.2, 0.25) is 0 Å². The van der Waals surface area contributed by atoms with E-state index < -0.39 is 11.2 Å². The number of ether oxygens (including phenoxy) is 1. The van der Waals surface area contributed by atoms with Crippen LogP contribution >= 0.6 is 0 Å². The summed E-state index contributed by atoms with van der Waals surface area (Å²) >= 11 is -1.06. The van der Waals surface area contributed by atoms with Crippen molar-refractivity contribution in [3.63, 3.8) is 0 Å². The summed E-state index contributed by atoms with van der Waals surface area (Å²) < 4.78 is 30.6. The van der Waals surface area contributed by atoms with Gasteiger partial charge in [-0.1, -0.05) is 12.1 Å². The second kappa shape index (κ2) is 9.26. The highest BCUT2D eigenvalue weighted by Crippen LogP contribution is 2.28. The topological polar surface area (TPSA) is 38.8 Å². The zero-order chi connectivity index (χ0) is 18.4. The van der Waals surface area contributed by atoms with Gasteiger partial charge in [0.25, 0.3) is 0 Å². The lowest BCUT2D eigenvalue weighted by Gasteiger charge is -2.36. The number of methoxy groups -OCH3 is 1. The average molecular weight is 376 g/mol. The molecule has 1 aliphatic rings. The lowest BCUT2D eigenvalue weighted by Crippen LogP contribution is -2.46. The van der Waals surface area contributed by atoms with Gasteiger partial charge in [-0.25, -0.2) is 4.39 Å². The third-order valence-electron chi connectivity index (χ3n) is 4.68. The smallest absolute Gasteiger partial charge is 0.152 e. The van der Waals surface area contributed by atoms with Crippen molar-refractivity contribution in [3.8, 4) is 5.75 Å². The number of piperazine rings is 1. The van der Waals surface area contributed by atoms with Crippen molar-refractivity contribution < 1.29 is 13.7 Å². The van der Waals surface area contributed by atoms with Gasteiger partial charge in [0, 0.05) is 39.1 Å². The van der Waals surface area contributed by atoms with Crippen molar-refractivity contribution >= 4 is 16.9 Å². The monoisotopic (exact) mass is 376 g/mol. The number of anilines is 1. The van der Waals surface area contributed by atoms with Crippen molar-refractivity contribution in [2.75, 3.05) is 50.5 Å². The molecule has 1 atom stereocenters. The zero-order valence-corrected chi connectivity index (χ0v) is 15.9. The summed E-state index contributed by atoms with van der Waals surface area (Å²) in [4.78, 5) is 5.46. The van der Waals surface area contributed by atoms with Crippen LogP contribution in [0, 0.1) is 5.82 Å². The molecule has 0 saturated carbocycles. The van der Waals surface area contributed by atoms with Crippen LogP contribution in [0.25, 0.3) is 0 Å². The first-order valence-electron chi connectivity index (χ1n) is 8.91. The Balaban J connectivity index is 1.42. The number of hydrogen-bond acceptors (Lipinski definition) is 4. The lowest BCUT2D eigenvalue weighted by atomic mass is 10.2. The summed E-state index contributed by atoms with van der Waals surface area (Å²) in [5.74, 6) is 1.23. The van der Waals surface area contributed by atoms with Crippen LogP contribution in [0.15, 0.2) is 53.4 Å². The number of hydrogen-bond donors (Lipinski definition) is 0. The molecule has 0 amide bonds. The van der Waals surface area contributed by atoms with Gasteiger partial charge in [-0.3, -0.25) is 4.90 Å². The van der Waals surface area contributed by atoms with E-state index in [4.69, 9.17) is 4.74 Å². The maximum absolute atomic E-state index is 12.9. The zero-order valence-electron chi connectivity index (χ0n) is 15.1. The van der Waals surface area contributed by atoms with E-state index in [2.05, 4.69) is 15.9 Å². The number of rotatable bonds is 7. The third-order valence-corrected chi connectivity index (χ3v) is 6.14. The molecule has 4 nitrogen and oxygen atoms in total. The minimum atomic E-state index is -1.06. The fraction of sp³-hybridized carbons (Fsp3) is 0.400. The van der Waals surface area contributed by atoms with Gasteiger partial charge in [0.05, 0.1) is 12.8 Å². The molecule has 2 aromatic carbocycles. The predicted molar refractivity (Wildman–Crippen MR) is 104 cm³/mol. The molecule has 0 aromatic heterocycles. The highest BCUT2D eigenvalue weighted by atomic mass is 32.2. The Morgan fingerprint density at radius 2 is 1.73 bits per heavy atom. The van der Waals surface area contributed by atoms with Crippen LogP contribution in [0.4, 0.5) is 10.1 Å². The highest BCUT2D eigenvalue weighted by molar-refractivity contribution is 7.91. The summed E-state index contributed by atoms with van der Waals surface area (Å²) in [6.45, 7) is 4.83. The lowest BCUT2D eigenvalue weighted by molar-refractivity contribution is 0.258. The van der Waals surface area contributed by atoms with Crippen LogP contribution in [-0.4, -0.2) is 55.0 Å². The van der Waals surface area contributed by atoms with Crippen LogP contribution < -0.4 is 9.64 Å². The first-order valence-corrected chi connectivity index (χ1v) is 10.2. The molecular formula is C20H25FN2O2S. The number of para-hydroxylation sites is 2. The molecule has 0 radical (unpaired) electrons. The molecular weight excluding hydrogens is 351 g/mol. The van der Waals surface area contributed by atoms with Gasteiger partial charge in [0.2, 0.25) is 0 Å². The molecule has 0 bridgehead atoms. The first-order chi connectivity index (χ1) is 12.7. The van der Waals surface area contributed by atoms with E-state index in [0.717, 1.165) is 50.6 Å². The third kappa shape index (κ3) is 4.90. The Hall–Kier alpha value is -1.76. The average Bonchev–Trinajstić information content (AvgIpc) is 2.69. The largest absolute Gasteiger partial charge is 0.611 e. The molecule has 0 N–H and O–H groups in total. The van der Waals surface area contributed by atoms with E-state index >= 15 is 0 Å². The molecule has 26 heavy (non-hydrogen) atoms. The quantitative estimate of drug-likeness (QED) is 0.696. The maximum Gasteiger partial charge on any atom is 0.152 e. The summed E-state index contributed by atoms with van der Waals surface area (Å²) in [5.41, 5.74) is 1.15. The molecule has 2 aromatic rings. The van der Waals surface area contributed by atoms with E-state index in [9.17, 15) is 8.94 Å². The molecule has 3 rings (SSSR count). The molecule has 1 saturated heterocycles. The van der Waals surface area contributed by atoms with Crippen molar-refractivity contribution in [3.05, 3.63) is 54.3 Å². The Bertz CT molecular complexity index is 690. The second-order valence-electron chi connectivity index (χ2n) is 6.36. The molecule has 0 spiro atoms. The Morgan fingerprint density at radius 1 is 1.04 bits per heavy atom. The standard InChI is InChI=1S/C20H25FN2O2S/c1-25-20-6-3-2-5-19(20)23-14-12-22(13-15-23)11-4-16-26(24)18-9-7-17(21)8-10-18/h2-3,5-10H,4,11-16H2,1H3. The number of benzene rings is 2. The van der Waals surface area contributed by atoms with Crippen LogP contribution in [-0.2, 0) is 11.2 Å². The predicted octanol–water partition coefficient (Wildman–Crippen LogP) is 3.15. The summed E-state index contributed by atoms with van der Waals surface area (Å²) in [6.07, 6.45) is 0.874. The van der Waals surface area contributed by atoms with E-state index in [1.807, 2.05) is 18.2 Å². The van der Waals surface area contributed by atoms with Crippen molar-refractivity contribution in [2.45, 2.75) is 11.3 Å². The Kier molecular flexibility index (Phi) is 6.77. The van der Waals surface area contributed by atoms with Crippen LogP contribution in [0.3, 0.4) is 0 Å². The molecule has 1 heterocycles. The van der Waals surface area contributed by atoms with Gasteiger partial charge in [0.15, 0.2) is 4.90 Å². The van der Waals surface area contributed by atoms with Gasteiger partial charge in [-0.15, -0.1) is 0 Å². The Morgan fingerprint density at radius 3 is 2.42 bits per heavy atom. The number of halogens is 1. The normalized spacial score (nSPS) is 16.5. The van der Waals surface area contributed by atoms with Crippen LogP contribution in [0.5, 0.6) is 5.75 Å². The van der Waals surface area contributed by atoms with Gasteiger partial charge in [-0.2, -0.15) is 0 Å². The minimum Gasteiger partial charge on any atom is -0.611 e. The second-order valence-corrected chi connectivity index (χ2v) is 7.93. The molecule has 0 aliphatic carbocycles. The maximum atomic E-state index is 12.9. The van der Waals surface area contributed by atoms with Crippen molar-refractivity contribution in [2.24, 2.45) is 0 Å². The van der Waals surface area contributed by atoms with Crippen LogP contribution in [0.1, 0.15) is 6.42 Å². The van der Waals surface area contributed by atoms with Gasteiger partial charge >= 0.3 is 0 Å². The van der Waals surface area contributed by atoms with Gasteiger partial charge in [-0.05, 0) is 47.6 Å². The summed E-state index contributed by atoms with van der Waals surface area (Å²) in [6, 6.07) is 14.1. The molecule has 6 heteroatoms. The fourth-order valence-electron chi connectivity index (χ4n) is 3.23. The van der Waals surface area contributed by atoms with Gasteiger partial charge in [0.1, 0.15) is 17.3 Å². The molecule has 1 unspecified atom stereocenters. The van der Waals surface area contributed by atoms with E-state index in [1.165, 1.54) is 12.1 Å². The van der Waals surface area contributed by atoms with Crippen molar-refractivity contribution in [1.29, 1.82) is 0 Å². The van der Waals surface area contributed by atoms with E-state index in [-0.39, 0.29) is 5.82 Å². The molecule has 140 valence electrons. The fourth-order valence-corrected chi connectivity index (χ4v) is 4.29. The molecule has 1 fully saturated rings. The van der Waals surface area contributed by atoms with E-state index in [1.54, 1.807) is 19.2 Å². The first kappa shape index (κ1) is 19.0. The minimum absolute atomic E-state index is 0.293. The summed E-state index contributed by atoms with van der Waals surface area (Å²) in [5, 5.41) is 0. The van der Waals surface area contributed by atoms with Gasteiger partial charge < -0.3 is 14.2 Å². The highest BCUT2D eigenvalue weighted by Gasteiger charge is 2.20. The molecule has 1 aliphatic heterocycles. The van der Waals surface area contributed by atoms with E-state index in [0.29, 0.717) is 10.6 Å².